The molecule has 3 aromatic rings. The number of aromatic nitrogens is 1. The first-order chi connectivity index (χ1) is 11.6. The normalized spacial score (nSPS) is 11.7. The molecule has 0 unspecified atom stereocenters. The molecule has 1 heterocycles. The highest BCUT2D eigenvalue weighted by molar-refractivity contribution is 7.19. The van der Waals surface area contributed by atoms with Crippen LogP contribution in [0, 0.1) is 11.3 Å². The van der Waals surface area contributed by atoms with Gasteiger partial charge in [0.2, 0.25) is 0 Å². The number of hydrogen-bond acceptors (Lipinski definition) is 4. The van der Waals surface area contributed by atoms with Gasteiger partial charge in [-0.3, -0.25) is 4.79 Å². The van der Waals surface area contributed by atoms with E-state index in [1.54, 1.807) is 12.1 Å². The van der Waals surface area contributed by atoms with Crippen molar-refractivity contribution in [2.24, 2.45) is 0 Å². The third-order valence-electron chi connectivity index (χ3n) is 3.79. The van der Waals surface area contributed by atoms with Gasteiger partial charge in [-0.1, -0.05) is 50.2 Å². The van der Waals surface area contributed by atoms with E-state index in [0.29, 0.717) is 21.9 Å². The molecule has 3 nitrogen and oxygen atoms in total. The van der Waals surface area contributed by atoms with Gasteiger partial charge in [-0.25, -0.2) is 0 Å². The molecular formula is C20H16N2OS. The molecular weight excluding hydrogens is 316 g/mol. The molecule has 4 heteroatoms. The Balaban J connectivity index is 2.05. The van der Waals surface area contributed by atoms with Crippen LogP contribution in [0.1, 0.15) is 35.9 Å². The summed E-state index contributed by atoms with van der Waals surface area (Å²) in [7, 11) is 0. The average Bonchev–Trinajstić information content (AvgIpc) is 2.60. The van der Waals surface area contributed by atoms with Crippen molar-refractivity contribution in [2.45, 2.75) is 19.8 Å². The van der Waals surface area contributed by atoms with Crippen molar-refractivity contribution in [3.63, 3.8) is 0 Å². The molecule has 0 saturated heterocycles. The number of allylic oxidation sites excluding steroid dienone is 1. The molecule has 0 atom stereocenters. The van der Waals surface area contributed by atoms with E-state index in [9.17, 15) is 10.1 Å². The molecule has 0 fully saturated rings. The fourth-order valence-electron chi connectivity index (χ4n) is 2.41. The molecule has 0 aliphatic carbocycles. The summed E-state index contributed by atoms with van der Waals surface area (Å²) in [6.07, 6.45) is 1.77. The molecule has 0 aliphatic rings. The summed E-state index contributed by atoms with van der Waals surface area (Å²) in [6.45, 7) is 4.28. The second-order valence-corrected chi connectivity index (χ2v) is 6.84. The lowest BCUT2D eigenvalue weighted by Gasteiger charge is -2.05. The Morgan fingerprint density at radius 3 is 2.54 bits per heavy atom. The lowest BCUT2D eigenvalue weighted by Crippen LogP contribution is -2.07. The molecule has 0 saturated carbocycles. The third-order valence-corrected chi connectivity index (χ3v) is 4.87. The Labute approximate surface area is 144 Å². The second-order valence-electron chi connectivity index (χ2n) is 5.81. The van der Waals surface area contributed by atoms with Crippen LogP contribution in [0.25, 0.3) is 21.7 Å². The van der Waals surface area contributed by atoms with Gasteiger partial charge in [0.25, 0.3) is 5.56 Å². The first kappa shape index (κ1) is 16.1. The summed E-state index contributed by atoms with van der Waals surface area (Å²) in [5.41, 5.74) is 2.28. The molecule has 0 N–H and O–H groups in total. The van der Waals surface area contributed by atoms with Gasteiger partial charge in [0, 0.05) is 4.70 Å². The van der Waals surface area contributed by atoms with E-state index < -0.39 is 0 Å². The number of benzene rings is 2. The fraction of sp³-hybridized carbons (Fsp3) is 0.150. The lowest BCUT2D eigenvalue weighted by molar-refractivity contribution is 0.866. The Morgan fingerprint density at radius 2 is 1.88 bits per heavy atom. The average molecular weight is 332 g/mol. The van der Waals surface area contributed by atoms with E-state index >= 15 is 0 Å². The van der Waals surface area contributed by atoms with Crippen LogP contribution in [0.2, 0.25) is 0 Å². The topological polar surface area (TPSA) is 53.8 Å². The summed E-state index contributed by atoms with van der Waals surface area (Å²) in [4.78, 5) is 16.2. The van der Waals surface area contributed by atoms with Crippen LogP contribution < -0.4 is 5.56 Å². The first-order valence-corrected chi connectivity index (χ1v) is 8.52. The standard InChI is InChI=1S/C20H16N2OS/c1-13(2)15-9-7-14(8-10-15)11-16(12-21)20-22-19(23)17-5-3-4-6-18(17)24-20/h3-11,13H,1-2H3. The van der Waals surface area contributed by atoms with Crippen molar-refractivity contribution in [1.29, 1.82) is 5.26 Å². The summed E-state index contributed by atoms with van der Waals surface area (Å²) in [6, 6.07) is 17.6. The van der Waals surface area contributed by atoms with Gasteiger partial charge < -0.3 is 0 Å². The van der Waals surface area contributed by atoms with Crippen LogP contribution in [-0.4, -0.2) is 4.98 Å². The second kappa shape index (κ2) is 6.77. The quantitative estimate of drug-likeness (QED) is 0.645. The van der Waals surface area contributed by atoms with E-state index in [4.69, 9.17) is 0 Å². The van der Waals surface area contributed by atoms with Crippen LogP contribution >= 0.6 is 11.3 Å². The Morgan fingerprint density at radius 1 is 1.17 bits per heavy atom. The van der Waals surface area contributed by atoms with E-state index in [1.165, 1.54) is 16.9 Å². The predicted octanol–water partition coefficient (Wildman–Crippen LogP) is 4.84. The summed E-state index contributed by atoms with van der Waals surface area (Å²) < 4.78 is 0.837. The van der Waals surface area contributed by atoms with Crippen LogP contribution in [0.4, 0.5) is 0 Å². The predicted molar refractivity (Wildman–Crippen MR) is 99.9 cm³/mol. The summed E-state index contributed by atoms with van der Waals surface area (Å²) in [5.74, 6) is 0.464. The molecule has 0 amide bonds. The van der Waals surface area contributed by atoms with Crippen LogP contribution in [0.3, 0.4) is 0 Å². The van der Waals surface area contributed by atoms with E-state index in [-0.39, 0.29) is 5.56 Å². The third kappa shape index (κ3) is 3.27. The Hall–Kier alpha value is -2.77. The van der Waals surface area contributed by atoms with E-state index in [2.05, 4.69) is 37.0 Å². The largest absolute Gasteiger partial charge is 0.279 e. The monoisotopic (exact) mass is 332 g/mol. The maximum absolute atomic E-state index is 12.2. The fourth-order valence-corrected chi connectivity index (χ4v) is 3.38. The molecule has 118 valence electrons. The lowest BCUT2D eigenvalue weighted by atomic mass is 10.0. The molecule has 3 rings (SSSR count). The summed E-state index contributed by atoms with van der Waals surface area (Å²) >= 11 is 1.36. The molecule has 0 bridgehead atoms. The van der Waals surface area contributed by atoms with E-state index in [0.717, 1.165) is 10.3 Å². The maximum atomic E-state index is 12.2. The molecule has 2 aromatic carbocycles. The van der Waals surface area contributed by atoms with Crippen LogP contribution in [-0.2, 0) is 0 Å². The van der Waals surface area contributed by atoms with Gasteiger partial charge in [-0.15, -0.1) is 11.3 Å². The highest BCUT2D eigenvalue weighted by Crippen LogP contribution is 2.24. The smallest absolute Gasteiger partial charge is 0.267 e. The van der Waals surface area contributed by atoms with Crippen molar-refractivity contribution in [3.05, 3.63) is 75.0 Å². The highest BCUT2D eigenvalue weighted by atomic mass is 32.1. The number of hydrogen-bond donors (Lipinski definition) is 0. The Kier molecular flexibility index (Phi) is 4.54. The zero-order valence-electron chi connectivity index (χ0n) is 13.5. The van der Waals surface area contributed by atoms with E-state index in [1.807, 2.05) is 30.3 Å². The molecule has 0 radical (unpaired) electrons. The number of fused-ring (bicyclic) bond motifs is 1. The van der Waals surface area contributed by atoms with Gasteiger partial charge in [-0.2, -0.15) is 10.2 Å². The van der Waals surface area contributed by atoms with Gasteiger partial charge in [0.05, 0.1) is 11.0 Å². The Bertz CT molecular complexity index is 1010. The molecule has 0 aliphatic heterocycles. The van der Waals surface area contributed by atoms with Crippen LogP contribution in [0.5, 0.6) is 0 Å². The highest BCUT2D eigenvalue weighted by Gasteiger charge is 2.09. The van der Waals surface area contributed by atoms with Gasteiger partial charge in [-0.05, 0) is 35.3 Å². The number of rotatable bonds is 3. The van der Waals surface area contributed by atoms with Crippen molar-refractivity contribution < 1.29 is 0 Å². The zero-order chi connectivity index (χ0) is 17.1. The minimum atomic E-state index is -0.296. The maximum Gasteiger partial charge on any atom is 0.279 e. The van der Waals surface area contributed by atoms with Crippen molar-refractivity contribution in [2.75, 3.05) is 0 Å². The number of nitrogens with zero attached hydrogens (tertiary/aromatic N) is 2. The van der Waals surface area contributed by atoms with Crippen LogP contribution in [0.15, 0.2) is 53.3 Å². The van der Waals surface area contributed by atoms with Gasteiger partial charge >= 0.3 is 0 Å². The zero-order valence-corrected chi connectivity index (χ0v) is 14.3. The van der Waals surface area contributed by atoms with Gasteiger partial charge in [0.15, 0.2) is 0 Å². The van der Waals surface area contributed by atoms with Crippen molar-refractivity contribution in [3.8, 4) is 6.07 Å². The minimum Gasteiger partial charge on any atom is -0.267 e. The molecule has 0 spiro atoms. The molecule has 1 aromatic heterocycles. The summed E-state index contributed by atoms with van der Waals surface area (Å²) in [5, 5.41) is 10.5. The van der Waals surface area contributed by atoms with Crippen molar-refractivity contribution >= 4 is 33.1 Å². The molecule has 24 heavy (non-hydrogen) atoms. The number of nitriles is 1. The minimum absolute atomic E-state index is 0.296. The first-order valence-electron chi connectivity index (χ1n) is 7.70. The SMILES string of the molecule is CC(C)c1ccc(C=C(C#N)c2nc(=O)c3ccccc3s2)cc1. The van der Waals surface area contributed by atoms with Gasteiger partial charge in [0.1, 0.15) is 11.1 Å². The van der Waals surface area contributed by atoms with Crippen molar-refractivity contribution in [1.82, 2.24) is 4.98 Å².